The van der Waals surface area contributed by atoms with E-state index in [0.717, 1.165) is 25.2 Å². The second-order valence-electron chi connectivity index (χ2n) is 4.36. The van der Waals surface area contributed by atoms with Gasteiger partial charge in [0.25, 0.3) is 0 Å². The highest BCUT2D eigenvalue weighted by molar-refractivity contribution is 5.90. The highest BCUT2D eigenvalue weighted by Crippen LogP contribution is 2.16. The third kappa shape index (κ3) is 4.21. The number of nitrogens with zero attached hydrogens (tertiary/aromatic N) is 2. The van der Waals surface area contributed by atoms with Crippen molar-refractivity contribution in [1.82, 2.24) is 4.98 Å². The third-order valence-electron chi connectivity index (χ3n) is 2.95. The Morgan fingerprint density at radius 2 is 2.16 bits per heavy atom. The fraction of sp³-hybridized carbons (Fsp3) is 0.571. The van der Waals surface area contributed by atoms with Crippen LogP contribution in [0.1, 0.15) is 35.8 Å². The molecule has 1 rings (SSSR count). The molecular weight excluding hydrogens is 244 g/mol. The van der Waals surface area contributed by atoms with Gasteiger partial charge in [-0.1, -0.05) is 13.3 Å². The van der Waals surface area contributed by atoms with Crippen LogP contribution in [0.25, 0.3) is 0 Å². The summed E-state index contributed by atoms with van der Waals surface area (Å²) in [6.07, 6.45) is 2.13. The van der Waals surface area contributed by atoms with E-state index in [4.69, 9.17) is 9.84 Å². The van der Waals surface area contributed by atoms with Gasteiger partial charge in [0.15, 0.2) is 0 Å². The van der Waals surface area contributed by atoms with Crippen molar-refractivity contribution in [3.63, 3.8) is 0 Å². The third-order valence-corrected chi connectivity index (χ3v) is 2.95. The molecule has 1 aromatic rings. The van der Waals surface area contributed by atoms with E-state index < -0.39 is 0 Å². The molecule has 0 saturated heterocycles. The summed E-state index contributed by atoms with van der Waals surface area (Å²) in [5.74, 6) is 0.409. The number of anilines is 1. The molecular formula is C14H22N2O3. The van der Waals surface area contributed by atoms with Crippen molar-refractivity contribution >= 4 is 11.8 Å². The molecule has 1 heterocycles. The zero-order chi connectivity index (χ0) is 14.3. The number of carbonyl (C=O) groups excluding carboxylic acids is 1. The standard InChI is InChI=1S/C14H22N2O3/c1-4-5-8-16(9-10-17)13-7-6-12(11(2)15-13)14(18)19-3/h6-7,17H,4-5,8-10H2,1-3H3. The monoisotopic (exact) mass is 266 g/mol. The lowest BCUT2D eigenvalue weighted by molar-refractivity contribution is 0.0599. The van der Waals surface area contributed by atoms with E-state index in [0.29, 0.717) is 17.8 Å². The number of unbranched alkanes of at least 4 members (excludes halogenated alkanes) is 1. The van der Waals surface area contributed by atoms with E-state index in [2.05, 4.69) is 11.9 Å². The minimum atomic E-state index is -0.376. The van der Waals surface area contributed by atoms with Crippen LogP contribution in [0.3, 0.4) is 0 Å². The van der Waals surface area contributed by atoms with E-state index >= 15 is 0 Å². The van der Waals surface area contributed by atoms with Crippen molar-refractivity contribution in [1.29, 1.82) is 0 Å². The Kier molecular flexibility index (Phi) is 6.29. The quantitative estimate of drug-likeness (QED) is 0.762. The van der Waals surface area contributed by atoms with Crippen molar-refractivity contribution in [2.75, 3.05) is 31.7 Å². The zero-order valence-corrected chi connectivity index (χ0v) is 11.8. The molecule has 0 aliphatic heterocycles. The summed E-state index contributed by atoms with van der Waals surface area (Å²) in [5, 5.41) is 9.10. The van der Waals surface area contributed by atoms with Gasteiger partial charge in [0.2, 0.25) is 0 Å². The van der Waals surface area contributed by atoms with Gasteiger partial charge in [-0.2, -0.15) is 0 Å². The summed E-state index contributed by atoms with van der Waals surface area (Å²) in [6.45, 7) is 5.39. The SMILES string of the molecule is CCCCN(CCO)c1ccc(C(=O)OC)c(C)n1. The Morgan fingerprint density at radius 1 is 1.42 bits per heavy atom. The van der Waals surface area contributed by atoms with Gasteiger partial charge in [0.1, 0.15) is 5.82 Å². The molecule has 0 aliphatic rings. The number of aliphatic hydroxyl groups excluding tert-OH is 1. The maximum atomic E-state index is 11.5. The van der Waals surface area contributed by atoms with Gasteiger partial charge in [0, 0.05) is 13.1 Å². The summed E-state index contributed by atoms with van der Waals surface area (Å²) >= 11 is 0. The van der Waals surface area contributed by atoms with Crippen molar-refractivity contribution < 1.29 is 14.6 Å². The highest BCUT2D eigenvalue weighted by Gasteiger charge is 2.13. The molecule has 0 amide bonds. The number of methoxy groups -OCH3 is 1. The van der Waals surface area contributed by atoms with Gasteiger partial charge in [-0.25, -0.2) is 9.78 Å². The first-order valence-electron chi connectivity index (χ1n) is 6.55. The molecule has 1 N–H and O–H groups in total. The molecule has 0 radical (unpaired) electrons. The molecule has 19 heavy (non-hydrogen) atoms. The molecule has 5 nitrogen and oxygen atoms in total. The number of esters is 1. The van der Waals surface area contributed by atoms with Crippen molar-refractivity contribution in [3.8, 4) is 0 Å². The van der Waals surface area contributed by atoms with Crippen LogP contribution >= 0.6 is 0 Å². The average molecular weight is 266 g/mol. The van der Waals surface area contributed by atoms with E-state index in [1.54, 1.807) is 19.1 Å². The minimum Gasteiger partial charge on any atom is -0.465 e. The number of hydrogen-bond acceptors (Lipinski definition) is 5. The molecule has 0 atom stereocenters. The van der Waals surface area contributed by atoms with E-state index in [-0.39, 0.29) is 12.6 Å². The topological polar surface area (TPSA) is 62.7 Å². The lowest BCUT2D eigenvalue weighted by atomic mass is 10.2. The second-order valence-corrected chi connectivity index (χ2v) is 4.36. The van der Waals surface area contributed by atoms with Crippen LogP contribution < -0.4 is 4.90 Å². The number of aliphatic hydroxyl groups is 1. The Bertz CT molecular complexity index is 421. The van der Waals surface area contributed by atoms with E-state index in [9.17, 15) is 4.79 Å². The zero-order valence-electron chi connectivity index (χ0n) is 11.8. The summed E-state index contributed by atoms with van der Waals surface area (Å²) in [6, 6.07) is 3.52. The molecule has 0 saturated carbocycles. The first-order valence-corrected chi connectivity index (χ1v) is 6.55. The Hall–Kier alpha value is -1.62. The Balaban J connectivity index is 2.92. The number of rotatable bonds is 7. The minimum absolute atomic E-state index is 0.0865. The number of aryl methyl sites for hydroxylation is 1. The molecule has 0 spiro atoms. The number of carbonyl (C=O) groups is 1. The van der Waals surface area contributed by atoms with E-state index in [1.807, 2.05) is 4.90 Å². The lowest BCUT2D eigenvalue weighted by Crippen LogP contribution is -2.29. The van der Waals surface area contributed by atoms with Gasteiger partial charge in [-0.3, -0.25) is 0 Å². The molecule has 106 valence electrons. The molecule has 0 fully saturated rings. The molecule has 1 aromatic heterocycles. The largest absolute Gasteiger partial charge is 0.465 e. The fourth-order valence-electron chi connectivity index (χ4n) is 1.86. The van der Waals surface area contributed by atoms with Crippen LogP contribution in [0, 0.1) is 6.92 Å². The van der Waals surface area contributed by atoms with Crippen molar-refractivity contribution in [2.24, 2.45) is 0 Å². The van der Waals surface area contributed by atoms with Crippen LogP contribution in [0.5, 0.6) is 0 Å². The fourth-order valence-corrected chi connectivity index (χ4v) is 1.86. The van der Waals surface area contributed by atoms with Crippen LogP contribution in [0.4, 0.5) is 5.82 Å². The molecule has 0 unspecified atom stereocenters. The number of pyridine rings is 1. The summed E-state index contributed by atoms with van der Waals surface area (Å²) < 4.78 is 4.70. The normalized spacial score (nSPS) is 10.3. The molecule has 0 aliphatic carbocycles. The van der Waals surface area contributed by atoms with Gasteiger partial charge >= 0.3 is 5.97 Å². The summed E-state index contributed by atoms with van der Waals surface area (Å²) in [5.41, 5.74) is 1.12. The first-order chi connectivity index (χ1) is 9.13. The Labute approximate surface area is 114 Å². The number of ether oxygens (including phenoxy) is 1. The smallest absolute Gasteiger partial charge is 0.339 e. The van der Waals surface area contributed by atoms with Gasteiger partial charge in [-0.05, 0) is 25.5 Å². The molecule has 5 heteroatoms. The molecule has 0 bridgehead atoms. The summed E-state index contributed by atoms with van der Waals surface area (Å²) in [7, 11) is 1.36. The van der Waals surface area contributed by atoms with Gasteiger partial charge < -0.3 is 14.7 Å². The predicted molar refractivity (Wildman–Crippen MR) is 74.5 cm³/mol. The maximum absolute atomic E-state index is 11.5. The summed E-state index contributed by atoms with van der Waals surface area (Å²) in [4.78, 5) is 18.0. The van der Waals surface area contributed by atoms with Gasteiger partial charge in [0.05, 0.1) is 25.0 Å². The van der Waals surface area contributed by atoms with Crippen molar-refractivity contribution in [3.05, 3.63) is 23.4 Å². The predicted octanol–water partition coefficient (Wildman–Crippen LogP) is 1.78. The van der Waals surface area contributed by atoms with Crippen LogP contribution in [0.2, 0.25) is 0 Å². The van der Waals surface area contributed by atoms with Crippen molar-refractivity contribution in [2.45, 2.75) is 26.7 Å². The molecule has 0 aromatic carbocycles. The highest BCUT2D eigenvalue weighted by atomic mass is 16.5. The van der Waals surface area contributed by atoms with Gasteiger partial charge in [-0.15, -0.1) is 0 Å². The first kappa shape index (κ1) is 15.4. The van der Waals surface area contributed by atoms with Crippen LogP contribution in [-0.2, 0) is 4.74 Å². The maximum Gasteiger partial charge on any atom is 0.339 e. The lowest BCUT2D eigenvalue weighted by Gasteiger charge is -2.23. The average Bonchev–Trinajstić information content (AvgIpc) is 2.42. The van der Waals surface area contributed by atoms with E-state index in [1.165, 1.54) is 7.11 Å². The van der Waals surface area contributed by atoms with Crippen LogP contribution in [0.15, 0.2) is 12.1 Å². The second kappa shape index (κ2) is 7.74. The Morgan fingerprint density at radius 3 is 2.68 bits per heavy atom. The van der Waals surface area contributed by atoms with Crippen LogP contribution in [-0.4, -0.2) is 42.9 Å². The number of aromatic nitrogens is 1. The number of hydrogen-bond donors (Lipinski definition) is 1.